The van der Waals surface area contributed by atoms with Crippen molar-refractivity contribution in [1.82, 2.24) is 0 Å². The first-order valence-electron chi connectivity index (χ1n) is 8.70. The van der Waals surface area contributed by atoms with Gasteiger partial charge in [0.1, 0.15) is 24.0 Å². The first-order chi connectivity index (χ1) is 14.0. The van der Waals surface area contributed by atoms with Crippen LogP contribution in [0, 0.1) is 11.3 Å². The molecule has 0 fully saturated rings. The van der Waals surface area contributed by atoms with E-state index in [9.17, 15) is 10.1 Å². The third-order valence-corrected chi connectivity index (χ3v) is 4.72. The maximum atomic E-state index is 12.3. The average molecular weight is 423 g/mol. The van der Waals surface area contributed by atoms with Gasteiger partial charge in [-0.05, 0) is 53.6 Å². The normalized spacial score (nSPS) is 10.9. The molecule has 0 saturated heterocycles. The fourth-order valence-corrected chi connectivity index (χ4v) is 2.81. The Morgan fingerprint density at radius 3 is 2.38 bits per heavy atom. The van der Waals surface area contributed by atoms with E-state index in [4.69, 9.17) is 27.9 Å². The summed E-state index contributed by atoms with van der Waals surface area (Å²) in [6, 6.07) is 23.3. The van der Waals surface area contributed by atoms with E-state index in [1.54, 1.807) is 48.5 Å². The second-order valence-electron chi connectivity index (χ2n) is 6.10. The molecule has 144 valence electrons. The number of carbonyl (C=O) groups is 1. The number of halogens is 2. The Morgan fingerprint density at radius 1 is 1.00 bits per heavy atom. The van der Waals surface area contributed by atoms with Gasteiger partial charge in [0.05, 0.1) is 10.0 Å². The Bertz CT molecular complexity index is 1070. The number of benzene rings is 3. The molecule has 0 unspecified atom stereocenters. The minimum absolute atomic E-state index is 0.0123. The topological polar surface area (TPSA) is 62.1 Å². The lowest BCUT2D eigenvalue weighted by molar-refractivity contribution is -0.112. The third-order valence-electron chi connectivity index (χ3n) is 3.98. The molecule has 0 atom stereocenters. The van der Waals surface area contributed by atoms with Crippen LogP contribution in [0.5, 0.6) is 5.75 Å². The highest BCUT2D eigenvalue weighted by Gasteiger charge is 2.09. The van der Waals surface area contributed by atoms with Crippen LogP contribution in [0.15, 0.2) is 78.4 Å². The summed E-state index contributed by atoms with van der Waals surface area (Å²) in [5.41, 5.74) is 2.25. The number of ether oxygens (including phenoxy) is 1. The van der Waals surface area contributed by atoms with E-state index in [1.165, 1.54) is 6.08 Å². The Hall–Kier alpha value is -3.26. The van der Waals surface area contributed by atoms with Gasteiger partial charge in [0.25, 0.3) is 5.91 Å². The highest BCUT2D eigenvalue weighted by atomic mass is 35.5. The lowest BCUT2D eigenvalue weighted by Crippen LogP contribution is -2.13. The lowest BCUT2D eigenvalue weighted by Gasteiger charge is -2.08. The van der Waals surface area contributed by atoms with Crippen molar-refractivity contribution in [3.8, 4) is 11.8 Å². The summed E-state index contributed by atoms with van der Waals surface area (Å²) in [4.78, 5) is 12.3. The van der Waals surface area contributed by atoms with Crippen molar-refractivity contribution in [1.29, 1.82) is 5.26 Å². The molecule has 0 aliphatic carbocycles. The molecule has 0 aliphatic rings. The van der Waals surface area contributed by atoms with Gasteiger partial charge >= 0.3 is 0 Å². The van der Waals surface area contributed by atoms with Crippen LogP contribution in [-0.2, 0) is 11.4 Å². The van der Waals surface area contributed by atoms with E-state index in [0.717, 1.165) is 5.56 Å². The number of nitrogens with zero attached hydrogens (tertiary/aromatic N) is 1. The van der Waals surface area contributed by atoms with Crippen LogP contribution in [0.25, 0.3) is 6.08 Å². The highest BCUT2D eigenvalue weighted by Crippen LogP contribution is 2.23. The first kappa shape index (κ1) is 20.5. The maximum absolute atomic E-state index is 12.3. The summed E-state index contributed by atoms with van der Waals surface area (Å²) >= 11 is 11.9. The highest BCUT2D eigenvalue weighted by molar-refractivity contribution is 6.42. The van der Waals surface area contributed by atoms with Crippen molar-refractivity contribution in [2.45, 2.75) is 6.61 Å². The van der Waals surface area contributed by atoms with Crippen LogP contribution < -0.4 is 10.1 Å². The molecule has 0 radical (unpaired) electrons. The molecule has 3 aromatic carbocycles. The summed E-state index contributed by atoms with van der Waals surface area (Å²) in [6.07, 6.45) is 1.53. The zero-order valence-electron chi connectivity index (χ0n) is 15.2. The molecule has 0 spiro atoms. The van der Waals surface area contributed by atoms with Crippen molar-refractivity contribution in [3.05, 3.63) is 99.5 Å². The Kier molecular flexibility index (Phi) is 6.91. The molecule has 0 saturated carbocycles. The monoisotopic (exact) mass is 422 g/mol. The number of nitriles is 1. The molecule has 6 heteroatoms. The quantitative estimate of drug-likeness (QED) is 0.384. The Morgan fingerprint density at radius 2 is 1.72 bits per heavy atom. The van der Waals surface area contributed by atoms with Crippen LogP contribution in [0.1, 0.15) is 11.1 Å². The molecule has 1 amide bonds. The van der Waals surface area contributed by atoms with Gasteiger partial charge < -0.3 is 10.1 Å². The number of para-hydroxylation sites is 1. The van der Waals surface area contributed by atoms with Gasteiger partial charge in [-0.25, -0.2) is 0 Å². The molecule has 0 aromatic heterocycles. The van der Waals surface area contributed by atoms with Gasteiger partial charge in [0, 0.05) is 5.69 Å². The maximum Gasteiger partial charge on any atom is 0.266 e. The number of anilines is 1. The largest absolute Gasteiger partial charge is 0.489 e. The minimum Gasteiger partial charge on any atom is -0.489 e. The SMILES string of the molecule is N#C/C(=C/c1ccc(OCc2ccc(Cl)c(Cl)c2)cc1)C(=O)Nc1ccccc1. The second-order valence-corrected chi connectivity index (χ2v) is 6.91. The number of hydrogen-bond acceptors (Lipinski definition) is 3. The second kappa shape index (κ2) is 9.79. The summed E-state index contributed by atoms with van der Waals surface area (Å²) in [6.45, 7) is 0.342. The third kappa shape index (κ3) is 5.86. The summed E-state index contributed by atoms with van der Waals surface area (Å²) in [5, 5.41) is 13.0. The van der Waals surface area contributed by atoms with Crippen molar-refractivity contribution < 1.29 is 9.53 Å². The zero-order valence-corrected chi connectivity index (χ0v) is 16.7. The fourth-order valence-electron chi connectivity index (χ4n) is 2.49. The smallest absolute Gasteiger partial charge is 0.266 e. The molecule has 3 rings (SSSR count). The standard InChI is InChI=1S/C23H16Cl2N2O2/c24-21-11-8-17(13-22(21)25)15-29-20-9-6-16(7-10-20)12-18(14-26)23(28)27-19-4-2-1-3-5-19/h1-13H,15H2,(H,27,28)/b18-12-. The lowest BCUT2D eigenvalue weighted by atomic mass is 10.1. The van der Waals surface area contributed by atoms with Crippen molar-refractivity contribution in [3.63, 3.8) is 0 Å². The van der Waals surface area contributed by atoms with Crippen LogP contribution in [0.3, 0.4) is 0 Å². The zero-order chi connectivity index (χ0) is 20.6. The fraction of sp³-hybridized carbons (Fsp3) is 0.0435. The van der Waals surface area contributed by atoms with Crippen LogP contribution in [0.4, 0.5) is 5.69 Å². The van der Waals surface area contributed by atoms with Crippen LogP contribution in [-0.4, -0.2) is 5.91 Å². The van der Waals surface area contributed by atoms with E-state index in [2.05, 4.69) is 5.32 Å². The molecular weight excluding hydrogens is 407 g/mol. The molecule has 1 N–H and O–H groups in total. The molecule has 29 heavy (non-hydrogen) atoms. The van der Waals surface area contributed by atoms with Gasteiger partial charge in [-0.2, -0.15) is 5.26 Å². The number of rotatable bonds is 6. The van der Waals surface area contributed by atoms with Gasteiger partial charge in [-0.15, -0.1) is 0 Å². The molecule has 4 nitrogen and oxygen atoms in total. The number of amides is 1. The van der Waals surface area contributed by atoms with E-state index in [-0.39, 0.29) is 5.57 Å². The summed E-state index contributed by atoms with van der Waals surface area (Å²) in [7, 11) is 0. The predicted octanol–water partition coefficient (Wildman–Crippen LogP) is 6.12. The van der Waals surface area contributed by atoms with E-state index < -0.39 is 5.91 Å². The van der Waals surface area contributed by atoms with Gasteiger partial charge in [0.15, 0.2) is 0 Å². The molecular formula is C23H16Cl2N2O2. The summed E-state index contributed by atoms with van der Waals surface area (Å²) in [5.74, 6) is 0.194. The number of nitrogens with one attached hydrogen (secondary N) is 1. The van der Waals surface area contributed by atoms with Crippen LogP contribution in [0.2, 0.25) is 10.0 Å². The number of hydrogen-bond donors (Lipinski definition) is 1. The predicted molar refractivity (Wildman–Crippen MR) is 116 cm³/mol. The molecule has 3 aromatic rings. The van der Waals surface area contributed by atoms with Crippen molar-refractivity contribution in [2.24, 2.45) is 0 Å². The van der Waals surface area contributed by atoms with E-state index in [0.29, 0.717) is 33.7 Å². The molecule has 0 heterocycles. The number of carbonyl (C=O) groups excluding carboxylic acids is 1. The van der Waals surface area contributed by atoms with Gasteiger partial charge in [0.2, 0.25) is 0 Å². The van der Waals surface area contributed by atoms with E-state index in [1.807, 2.05) is 30.3 Å². The van der Waals surface area contributed by atoms with Crippen molar-refractivity contribution in [2.75, 3.05) is 5.32 Å². The van der Waals surface area contributed by atoms with Gasteiger partial charge in [-0.1, -0.05) is 59.6 Å². The Labute approximate surface area is 179 Å². The van der Waals surface area contributed by atoms with E-state index >= 15 is 0 Å². The van der Waals surface area contributed by atoms with Crippen molar-refractivity contribution >= 4 is 40.9 Å². The minimum atomic E-state index is -0.460. The van der Waals surface area contributed by atoms with Crippen LogP contribution >= 0.6 is 23.2 Å². The van der Waals surface area contributed by atoms with Gasteiger partial charge in [-0.3, -0.25) is 4.79 Å². The molecule has 0 aliphatic heterocycles. The molecule has 0 bridgehead atoms. The first-order valence-corrected chi connectivity index (χ1v) is 9.46. The summed E-state index contributed by atoms with van der Waals surface area (Å²) < 4.78 is 5.73. The Balaban J connectivity index is 1.64. The average Bonchev–Trinajstić information content (AvgIpc) is 2.74.